The van der Waals surface area contributed by atoms with Gasteiger partial charge in [-0.25, -0.2) is 0 Å². The van der Waals surface area contributed by atoms with Crippen LogP contribution in [0.2, 0.25) is 0 Å². The number of amides is 1. The van der Waals surface area contributed by atoms with Crippen molar-refractivity contribution in [1.82, 2.24) is 10.2 Å². The highest BCUT2D eigenvalue weighted by atomic mass is 16.1. The quantitative estimate of drug-likeness (QED) is 0.906. The van der Waals surface area contributed by atoms with Gasteiger partial charge in [-0.3, -0.25) is 9.69 Å². The van der Waals surface area contributed by atoms with Gasteiger partial charge in [-0.1, -0.05) is 44.2 Å². The lowest BCUT2D eigenvalue weighted by Crippen LogP contribution is -2.56. The fraction of sp³-hybridized carbons (Fsp3) is 0.632. The highest BCUT2D eigenvalue weighted by molar-refractivity contribution is 5.78. The molecule has 0 bridgehead atoms. The van der Waals surface area contributed by atoms with Crippen LogP contribution < -0.4 is 5.32 Å². The zero-order valence-corrected chi connectivity index (χ0v) is 14.4. The molecule has 0 saturated carbocycles. The van der Waals surface area contributed by atoms with Crippen molar-refractivity contribution in [2.45, 2.75) is 46.1 Å². The molecule has 1 N–H and O–H groups in total. The molecule has 3 heteroatoms. The molecule has 2 unspecified atom stereocenters. The molecule has 1 aromatic rings. The summed E-state index contributed by atoms with van der Waals surface area (Å²) < 4.78 is 0. The van der Waals surface area contributed by atoms with E-state index in [2.05, 4.69) is 37.9 Å². The van der Waals surface area contributed by atoms with Gasteiger partial charge in [0.05, 0.1) is 6.42 Å². The number of hydrogen-bond acceptors (Lipinski definition) is 2. The molecule has 0 radical (unpaired) electrons. The van der Waals surface area contributed by atoms with Gasteiger partial charge in [0, 0.05) is 25.2 Å². The highest BCUT2D eigenvalue weighted by Gasteiger charge is 2.32. The van der Waals surface area contributed by atoms with E-state index in [1.807, 2.05) is 30.3 Å². The summed E-state index contributed by atoms with van der Waals surface area (Å²) in [6.07, 6.45) is 1.77. The fourth-order valence-electron chi connectivity index (χ4n) is 3.43. The van der Waals surface area contributed by atoms with Gasteiger partial charge >= 0.3 is 0 Å². The monoisotopic (exact) mass is 302 g/mol. The number of rotatable bonds is 5. The van der Waals surface area contributed by atoms with Crippen LogP contribution in [0.3, 0.4) is 0 Å². The van der Waals surface area contributed by atoms with E-state index in [4.69, 9.17) is 0 Å². The Morgan fingerprint density at radius 1 is 1.18 bits per heavy atom. The number of benzene rings is 1. The van der Waals surface area contributed by atoms with Crippen LogP contribution in [0.1, 0.15) is 39.7 Å². The lowest BCUT2D eigenvalue weighted by Gasteiger charge is -2.45. The average molecular weight is 302 g/mol. The molecule has 1 fully saturated rings. The van der Waals surface area contributed by atoms with Gasteiger partial charge in [0.25, 0.3) is 0 Å². The number of nitrogens with zero attached hydrogens (tertiary/aromatic N) is 1. The average Bonchev–Trinajstić information content (AvgIpc) is 2.45. The summed E-state index contributed by atoms with van der Waals surface area (Å²) in [4.78, 5) is 14.7. The van der Waals surface area contributed by atoms with Crippen LogP contribution >= 0.6 is 0 Å². The molecular formula is C19H30N2O. The SMILES string of the molecule is CC1CC(C)CN(C(C)(C)CNC(=O)Cc2ccccc2)C1. The molecule has 1 amide bonds. The molecule has 1 aliphatic heterocycles. The minimum Gasteiger partial charge on any atom is -0.354 e. The van der Waals surface area contributed by atoms with Crippen LogP contribution in [0.5, 0.6) is 0 Å². The largest absolute Gasteiger partial charge is 0.354 e. The molecule has 2 rings (SSSR count). The summed E-state index contributed by atoms with van der Waals surface area (Å²) in [6, 6.07) is 9.92. The minimum atomic E-state index is 0.00921. The Balaban J connectivity index is 1.85. The van der Waals surface area contributed by atoms with E-state index in [1.165, 1.54) is 6.42 Å². The van der Waals surface area contributed by atoms with E-state index >= 15 is 0 Å². The Bertz CT molecular complexity index is 473. The first-order chi connectivity index (χ1) is 10.4. The van der Waals surface area contributed by atoms with Crippen LogP contribution in [0.15, 0.2) is 30.3 Å². The van der Waals surface area contributed by atoms with E-state index in [9.17, 15) is 4.79 Å². The third-order valence-electron chi connectivity index (χ3n) is 4.65. The van der Waals surface area contributed by atoms with Crippen LogP contribution in [0.4, 0.5) is 0 Å². The summed E-state index contributed by atoms with van der Waals surface area (Å²) in [6.45, 7) is 12.1. The van der Waals surface area contributed by atoms with Crippen LogP contribution in [-0.4, -0.2) is 36.0 Å². The number of carbonyl (C=O) groups is 1. The Hall–Kier alpha value is -1.35. The van der Waals surface area contributed by atoms with Crippen LogP contribution in [0.25, 0.3) is 0 Å². The van der Waals surface area contributed by atoms with Crippen molar-refractivity contribution in [3.8, 4) is 0 Å². The minimum absolute atomic E-state index is 0.00921. The lowest BCUT2D eigenvalue weighted by atomic mass is 9.88. The molecule has 2 atom stereocenters. The van der Waals surface area contributed by atoms with E-state index in [1.54, 1.807) is 0 Å². The topological polar surface area (TPSA) is 32.3 Å². The van der Waals surface area contributed by atoms with Crippen molar-refractivity contribution in [2.24, 2.45) is 11.8 Å². The zero-order chi connectivity index (χ0) is 16.2. The van der Waals surface area contributed by atoms with Gasteiger partial charge in [0.15, 0.2) is 0 Å². The van der Waals surface area contributed by atoms with Gasteiger partial charge in [0.2, 0.25) is 5.91 Å². The summed E-state index contributed by atoms with van der Waals surface area (Å²) >= 11 is 0. The molecule has 1 aliphatic rings. The van der Waals surface area contributed by atoms with Gasteiger partial charge < -0.3 is 5.32 Å². The van der Waals surface area contributed by atoms with Crippen molar-refractivity contribution in [2.75, 3.05) is 19.6 Å². The fourth-order valence-corrected chi connectivity index (χ4v) is 3.43. The molecule has 0 aliphatic carbocycles. The van der Waals surface area contributed by atoms with E-state index in [0.717, 1.165) is 30.5 Å². The number of piperidine rings is 1. The second-order valence-electron chi connectivity index (χ2n) is 7.60. The van der Waals surface area contributed by atoms with Gasteiger partial charge in [-0.15, -0.1) is 0 Å². The Labute approximate surface area is 135 Å². The van der Waals surface area contributed by atoms with E-state index in [0.29, 0.717) is 13.0 Å². The van der Waals surface area contributed by atoms with Crippen molar-refractivity contribution in [1.29, 1.82) is 0 Å². The summed E-state index contributed by atoms with van der Waals surface area (Å²) in [7, 11) is 0. The molecule has 3 nitrogen and oxygen atoms in total. The maximum absolute atomic E-state index is 12.1. The predicted molar refractivity (Wildman–Crippen MR) is 91.8 cm³/mol. The Morgan fingerprint density at radius 2 is 1.77 bits per heavy atom. The molecule has 1 saturated heterocycles. The predicted octanol–water partition coefficient (Wildman–Crippen LogP) is 3.10. The summed E-state index contributed by atoms with van der Waals surface area (Å²) in [5, 5.41) is 3.12. The number of hydrogen-bond donors (Lipinski definition) is 1. The first kappa shape index (κ1) is 17.0. The molecule has 122 valence electrons. The Morgan fingerprint density at radius 3 is 2.36 bits per heavy atom. The first-order valence-electron chi connectivity index (χ1n) is 8.42. The van der Waals surface area contributed by atoms with Gasteiger partial charge in [0.1, 0.15) is 0 Å². The molecule has 1 aromatic carbocycles. The summed E-state index contributed by atoms with van der Waals surface area (Å²) in [5.74, 6) is 1.59. The van der Waals surface area contributed by atoms with E-state index in [-0.39, 0.29) is 11.4 Å². The standard InChI is InChI=1S/C19H30N2O/c1-15-10-16(2)13-21(12-15)19(3,4)14-20-18(22)11-17-8-6-5-7-9-17/h5-9,15-16H,10-14H2,1-4H3,(H,20,22). The third kappa shape index (κ3) is 4.84. The molecule has 0 aromatic heterocycles. The molecule has 1 heterocycles. The van der Waals surface area contributed by atoms with Crippen molar-refractivity contribution in [3.63, 3.8) is 0 Å². The second kappa shape index (κ2) is 7.28. The zero-order valence-electron chi connectivity index (χ0n) is 14.4. The second-order valence-corrected chi connectivity index (χ2v) is 7.60. The first-order valence-corrected chi connectivity index (χ1v) is 8.42. The van der Waals surface area contributed by atoms with Gasteiger partial charge in [-0.2, -0.15) is 0 Å². The van der Waals surface area contributed by atoms with Gasteiger partial charge in [-0.05, 0) is 37.7 Å². The van der Waals surface area contributed by atoms with Crippen molar-refractivity contribution >= 4 is 5.91 Å². The Kier molecular flexibility index (Phi) is 5.63. The normalized spacial score (nSPS) is 23.3. The number of likely N-dealkylation sites (tertiary alicyclic amines) is 1. The number of carbonyl (C=O) groups excluding carboxylic acids is 1. The molecule has 0 spiro atoms. The maximum atomic E-state index is 12.1. The maximum Gasteiger partial charge on any atom is 0.224 e. The lowest BCUT2D eigenvalue weighted by molar-refractivity contribution is -0.121. The highest BCUT2D eigenvalue weighted by Crippen LogP contribution is 2.26. The molecule has 22 heavy (non-hydrogen) atoms. The van der Waals surface area contributed by atoms with Crippen molar-refractivity contribution < 1.29 is 4.79 Å². The molecular weight excluding hydrogens is 272 g/mol. The third-order valence-corrected chi connectivity index (χ3v) is 4.65. The van der Waals surface area contributed by atoms with Crippen LogP contribution in [-0.2, 0) is 11.2 Å². The smallest absolute Gasteiger partial charge is 0.224 e. The summed E-state index contributed by atoms with van der Waals surface area (Å²) in [5.41, 5.74) is 1.08. The van der Waals surface area contributed by atoms with Crippen molar-refractivity contribution in [3.05, 3.63) is 35.9 Å². The van der Waals surface area contributed by atoms with Crippen LogP contribution in [0, 0.1) is 11.8 Å². The number of nitrogens with one attached hydrogen (secondary N) is 1. The van der Waals surface area contributed by atoms with E-state index < -0.39 is 0 Å².